The van der Waals surface area contributed by atoms with Gasteiger partial charge in [-0.15, -0.1) is 0 Å². The predicted molar refractivity (Wildman–Crippen MR) is 179 cm³/mol. The van der Waals surface area contributed by atoms with Crippen LogP contribution in [0.5, 0.6) is 17.2 Å². The molecule has 0 bridgehead atoms. The third kappa shape index (κ3) is 6.10. The van der Waals surface area contributed by atoms with E-state index in [0.29, 0.717) is 45.5 Å². The van der Waals surface area contributed by atoms with Gasteiger partial charge in [0.2, 0.25) is 0 Å². The molecule has 46 heavy (non-hydrogen) atoms. The number of nitrogens with one attached hydrogen (secondary N) is 1. The lowest BCUT2D eigenvalue weighted by Crippen LogP contribution is -2.59. The van der Waals surface area contributed by atoms with Gasteiger partial charge in [0.15, 0.2) is 6.29 Å². The number of carbonyl (C=O) groups is 1. The molecule has 2 aromatic heterocycles. The van der Waals surface area contributed by atoms with Crippen LogP contribution in [-0.4, -0.2) is 78.5 Å². The molecule has 4 aromatic rings. The van der Waals surface area contributed by atoms with E-state index in [1.54, 1.807) is 25.4 Å². The molecule has 0 unspecified atom stereocenters. The van der Waals surface area contributed by atoms with Crippen molar-refractivity contribution >= 4 is 23.0 Å². The highest BCUT2D eigenvalue weighted by molar-refractivity contribution is 5.82. The van der Waals surface area contributed by atoms with E-state index in [4.69, 9.17) is 9.47 Å². The van der Waals surface area contributed by atoms with E-state index in [9.17, 15) is 9.18 Å². The van der Waals surface area contributed by atoms with Crippen molar-refractivity contribution in [3.05, 3.63) is 77.4 Å². The highest BCUT2D eigenvalue weighted by Crippen LogP contribution is 2.51. The van der Waals surface area contributed by atoms with Gasteiger partial charge in [-0.25, -0.2) is 9.37 Å². The van der Waals surface area contributed by atoms with Crippen LogP contribution in [0, 0.1) is 11.2 Å². The van der Waals surface area contributed by atoms with Gasteiger partial charge in [0.25, 0.3) is 0 Å². The summed E-state index contributed by atoms with van der Waals surface area (Å²) in [4.78, 5) is 26.5. The maximum absolute atomic E-state index is 14.1. The van der Waals surface area contributed by atoms with E-state index in [0.717, 1.165) is 63.5 Å². The molecule has 1 spiro atoms. The number of piperazine rings is 1. The molecular weight excluding hydrogens is 581 g/mol. The van der Waals surface area contributed by atoms with E-state index in [2.05, 4.69) is 56.7 Å². The number of hydrogen-bond acceptors (Lipinski definition) is 7. The molecule has 2 saturated heterocycles. The molecular formula is C37H44FN5O3. The topological polar surface area (TPSA) is 73.9 Å². The fourth-order valence-corrected chi connectivity index (χ4v) is 7.76. The number of pyridine rings is 1. The second-order valence-electron chi connectivity index (χ2n) is 13.7. The number of carbonyl (C=O) groups excluding carboxylic acids is 1. The van der Waals surface area contributed by atoms with Crippen molar-refractivity contribution < 1.29 is 18.7 Å². The van der Waals surface area contributed by atoms with Gasteiger partial charge >= 0.3 is 0 Å². The summed E-state index contributed by atoms with van der Waals surface area (Å²) in [6.07, 6.45) is 8.55. The van der Waals surface area contributed by atoms with E-state index in [1.165, 1.54) is 43.0 Å². The van der Waals surface area contributed by atoms with Crippen LogP contribution in [0.25, 0.3) is 11.0 Å². The summed E-state index contributed by atoms with van der Waals surface area (Å²) in [5, 5.41) is 0.358. The number of hydrogen-bond donors (Lipinski definition) is 1. The molecule has 2 aliphatic heterocycles. The zero-order valence-corrected chi connectivity index (χ0v) is 27.1. The average Bonchev–Trinajstić information content (AvgIpc) is 3.43. The van der Waals surface area contributed by atoms with Gasteiger partial charge in [-0.05, 0) is 72.4 Å². The predicted octanol–water partition coefficient (Wildman–Crippen LogP) is 7.01. The number of benzene rings is 2. The first kappa shape index (κ1) is 30.7. The number of H-pyrrole nitrogens is 1. The Morgan fingerprint density at radius 1 is 1.02 bits per heavy atom. The van der Waals surface area contributed by atoms with Crippen molar-refractivity contribution in [2.24, 2.45) is 5.41 Å². The van der Waals surface area contributed by atoms with Gasteiger partial charge in [0, 0.05) is 69.8 Å². The number of piperidine rings is 1. The molecule has 242 valence electrons. The zero-order chi connectivity index (χ0) is 31.8. The van der Waals surface area contributed by atoms with Crippen LogP contribution in [0.3, 0.4) is 0 Å². The Morgan fingerprint density at radius 2 is 1.80 bits per heavy atom. The number of ether oxygens (including phenoxy) is 2. The highest BCUT2D eigenvalue weighted by atomic mass is 19.1. The molecule has 7 rings (SSSR count). The molecule has 4 heterocycles. The smallest absolute Gasteiger partial charge is 0.153 e. The minimum absolute atomic E-state index is 0.358. The molecule has 3 fully saturated rings. The average molecular weight is 626 g/mol. The number of halogens is 1. The molecule has 9 heteroatoms. The van der Waals surface area contributed by atoms with Crippen LogP contribution in [0.2, 0.25) is 0 Å². The van der Waals surface area contributed by atoms with E-state index < -0.39 is 0 Å². The second-order valence-corrected chi connectivity index (χ2v) is 13.7. The Bertz CT molecular complexity index is 1700. The zero-order valence-electron chi connectivity index (χ0n) is 27.1. The summed E-state index contributed by atoms with van der Waals surface area (Å²) in [5.74, 6) is 1.93. The van der Waals surface area contributed by atoms with Gasteiger partial charge in [0.05, 0.1) is 24.3 Å². The molecule has 1 aliphatic carbocycles. The number of aromatic nitrogens is 2. The Hall–Kier alpha value is -3.95. The largest absolute Gasteiger partial charge is 0.496 e. The Labute approximate surface area is 270 Å². The van der Waals surface area contributed by atoms with Crippen molar-refractivity contribution in [3.63, 3.8) is 0 Å². The summed E-state index contributed by atoms with van der Waals surface area (Å²) in [7, 11) is 1.77. The number of nitrogens with zero attached hydrogens (tertiary/aromatic N) is 4. The highest BCUT2D eigenvalue weighted by Gasteiger charge is 2.48. The van der Waals surface area contributed by atoms with E-state index >= 15 is 0 Å². The van der Waals surface area contributed by atoms with Gasteiger partial charge in [-0.1, -0.05) is 26.0 Å². The lowest BCUT2D eigenvalue weighted by molar-refractivity contribution is -0.0355. The van der Waals surface area contributed by atoms with Gasteiger partial charge < -0.3 is 19.4 Å². The SMILES string of the molecule is COc1cc(CN2CCN(C3CC4(CCN(c5ccc(C=O)c(Oc6cnc7[nH]cc(F)c7c6)c5)CC4)C3)CC2)ccc1C(C)C. The maximum atomic E-state index is 14.1. The third-order valence-corrected chi connectivity index (χ3v) is 10.6. The molecule has 0 radical (unpaired) electrons. The minimum atomic E-state index is -0.385. The van der Waals surface area contributed by atoms with Crippen molar-refractivity contribution in [1.29, 1.82) is 0 Å². The second kappa shape index (κ2) is 12.7. The first-order valence-corrected chi connectivity index (χ1v) is 16.6. The lowest BCUT2D eigenvalue weighted by Gasteiger charge is -2.56. The summed E-state index contributed by atoms with van der Waals surface area (Å²) >= 11 is 0. The number of aromatic amines is 1. The normalized spacial score (nSPS) is 19.1. The number of fused-ring (bicyclic) bond motifs is 1. The first-order chi connectivity index (χ1) is 22.3. The van der Waals surface area contributed by atoms with E-state index in [-0.39, 0.29) is 5.82 Å². The Balaban J connectivity index is 0.907. The molecule has 0 atom stereocenters. The maximum Gasteiger partial charge on any atom is 0.153 e. The summed E-state index contributed by atoms with van der Waals surface area (Å²) in [6, 6.07) is 14.8. The van der Waals surface area contributed by atoms with Crippen molar-refractivity contribution in [1.82, 2.24) is 19.8 Å². The van der Waals surface area contributed by atoms with Crippen LogP contribution >= 0.6 is 0 Å². The standard InChI is InChI=1S/C37H44FN5O3/c1-25(2)31-7-4-26(16-35(31)45-3)23-41-12-14-43(15-13-41)29-19-37(20-29)8-10-42(11-9-37)28-6-5-27(24-44)34(17-28)46-30-18-32-33(38)22-40-36(32)39-21-30/h4-7,16-18,21-22,24-25,29H,8-15,19-20,23H2,1-3H3,(H,39,40). The van der Waals surface area contributed by atoms with Gasteiger partial charge in [0.1, 0.15) is 28.7 Å². The summed E-state index contributed by atoms with van der Waals surface area (Å²) in [6.45, 7) is 11.9. The van der Waals surface area contributed by atoms with Crippen LogP contribution in [0.1, 0.15) is 66.9 Å². The lowest BCUT2D eigenvalue weighted by atomic mass is 9.60. The molecule has 2 aromatic carbocycles. The van der Waals surface area contributed by atoms with E-state index in [1.807, 2.05) is 12.1 Å². The number of rotatable bonds is 9. The third-order valence-electron chi connectivity index (χ3n) is 10.6. The molecule has 8 nitrogen and oxygen atoms in total. The summed E-state index contributed by atoms with van der Waals surface area (Å²) < 4.78 is 25.8. The molecule has 3 aliphatic rings. The van der Waals surface area contributed by atoms with Crippen LogP contribution in [0.4, 0.5) is 10.1 Å². The Morgan fingerprint density at radius 3 is 2.52 bits per heavy atom. The molecule has 1 saturated carbocycles. The van der Waals surface area contributed by atoms with Crippen LogP contribution < -0.4 is 14.4 Å². The fraction of sp³-hybridized carbons (Fsp3) is 0.459. The van der Waals surface area contributed by atoms with Crippen LogP contribution in [-0.2, 0) is 6.54 Å². The van der Waals surface area contributed by atoms with Gasteiger partial charge in [-0.2, -0.15) is 0 Å². The minimum Gasteiger partial charge on any atom is -0.496 e. The first-order valence-electron chi connectivity index (χ1n) is 16.6. The fourth-order valence-electron chi connectivity index (χ4n) is 7.76. The van der Waals surface area contributed by atoms with Crippen molar-refractivity contribution in [2.45, 2.75) is 58.0 Å². The van der Waals surface area contributed by atoms with Crippen molar-refractivity contribution in [3.8, 4) is 17.2 Å². The molecule has 0 amide bonds. The van der Waals surface area contributed by atoms with Crippen molar-refractivity contribution in [2.75, 3.05) is 51.3 Å². The number of aldehydes is 1. The Kier molecular flexibility index (Phi) is 8.46. The number of methoxy groups -OCH3 is 1. The summed E-state index contributed by atoms with van der Waals surface area (Å²) in [5.41, 5.74) is 5.00. The number of anilines is 1. The van der Waals surface area contributed by atoms with Gasteiger partial charge in [-0.3, -0.25) is 14.6 Å². The molecule has 1 N–H and O–H groups in total. The monoisotopic (exact) mass is 625 g/mol. The van der Waals surface area contributed by atoms with Crippen LogP contribution in [0.15, 0.2) is 54.9 Å². The quantitative estimate of drug-likeness (QED) is 0.201.